The minimum atomic E-state index is 0.695. The Hall–Kier alpha value is -0.860. The predicted molar refractivity (Wildman–Crippen MR) is 82.5 cm³/mol. The Labute approximate surface area is 118 Å². The maximum atomic E-state index is 3.65. The van der Waals surface area contributed by atoms with Gasteiger partial charge in [-0.05, 0) is 56.5 Å². The van der Waals surface area contributed by atoms with Gasteiger partial charge in [0.1, 0.15) is 0 Å². The zero-order valence-corrected chi connectivity index (χ0v) is 12.7. The van der Waals surface area contributed by atoms with Crippen LogP contribution in [0.15, 0.2) is 18.2 Å². The van der Waals surface area contributed by atoms with Gasteiger partial charge in [-0.1, -0.05) is 31.5 Å². The number of nitrogens with one attached hydrogen (secondary N) is 1. The van der Waals surface area contributed by atoms with Crippen molar-refractivity contribution in [3.8, 4) is 0 Å². The largest absolute Gasteiger partial charge is 0.313 e. The average molecular weight is 260 g/mol. The van der Waals surface area contributed by atoms with E-state index in [-0.39, 0.29) is 0 Å². The van der Waals surface area contributed by atoms with E-state index in [2.05, 4.69) is 49.2 Å². The van der Waals surface area contributed by atoms with E-state index < -0.39 is 0 Å². The van der Waals surface area contributed by atoms with Crippen LogP contribution in [0.4, 0.5) is 0 Å². The molecule has 0 saturated carbocycles. The third-order valence-electron chi connectivity index (χ3n) is 4.32. The molecule has 1 fully saturated rings. The summed E-state index contributed by atoms with van der Waals surface area (Å²) in [6, 6.07) is 7.56. The Morgan fingerprint density at radius 3 is 2.68 bits per heavy atom. The number of benzene rings is 1. The van der Waals surface area contributed by atoms with Crippen LogP contribution in [0.3, 0.4) is 0 Å². The van der Waals surface area contributed by atoms with Gasteiger partial charge in [0.15, 0.2) is 0 Å². The van der Waals surface area contributed by atoms with E-state index in [1.807, 2.05) is 0 Å². The fourth-order valence-electron chi connectivity index (χ4n) is 2.86. The molecule has 0 spiro atoms. The maximum Gasteiger partial charge on any atom is 0.0234 e. The molecule has 0 amide bonds. The summed E-state index contributed by atoms with van der Waals surface area (Å²) in [5, 5.41) is 3.65. The zero-order valence-electron chi connectivity index (χ0n) is 12.7. The summed E-state index contributed by atoms with van der Waals surface area (Å²) in [5.41, 5.74) is 4.24. The number of rotatable bonds is 5. The van der Waals surface area contributed by atoms with Gasteiger partial charge in [-0.15, -0.1) is 0 Å². The number of nitrogens with zero attached hydrogens (tertiary/aromatic N) is 1. The second-order valence-electron chi connectivity index (χ2n) is 5.89. The van der Waals surface area contributed by atoms with E-state index in [1.165, 1.54) is 49.0 Å². The molecule has 1 aromatic carbocycles. The second kappa shape index (κ2) is 7.06. The van der Waals surface area contributed by atoms with Crippen molar-refractivity contribution in [3.05, 3.63) is 34.9 Å². The smallest absolute Gasteiger partial charge is 0.0234 e. The van der Waals surface area contributed by atoms with Crippen LogP contribution in [-0.4, -0.2) is 30.6 Å². The molecule has 1 saturated heterocycles. The highest BCUT2D eigenvalue weighted by molar-refractivity contribution is 5.29. The van der Waals surface area contributed by atoms with Crippen molar-refractivity contribution in [1.29, 1.82) is 0 Å². The number of aryl methyl sites for hydroxylation is 2. The second-order valence-corrected chi connectivity index (χ2v) is 5.89. The molecule has 2 rings (SSSR count). The molecule has 1 aliphatic rings. The monoisotopic (exact) mass is 260 g/mol. The highest BCUT2D eigenvalue weighted by atomic mass is 15.1. The van der Waals surface area contributed by atoms with Crippen LogP contribution in [0, 0.1) is 13.8 Å². The molecule has 2 nitrogen and oxygen atoms in total. The quantitative estimate of drug-likeness (QED) is 0.874. The standard InChI is InChI=1S/C17H28N2/c1-4-19(13-17-7-5-6-10-18-17)12-16-9-8-14(2)15(3)11-16/h8-9,11,17-18H,4-7,10,12-13H2,1-3H3. The van der Waals surface area contributed by atoms with Crippen molar-refractivity contribution in [2.24, 2.45) is 0 Å². The van der Waals surface area contributed by atoms with Gasteiger partial charge >= 0.3 is 0 Å². The minimum Gasteiger partial charge on any atom is -0.313 e. The molecule has 106 valence electrons. The Morgan fingerprint density at radius 1 is 1.21 bits per heavy atom. The summed E-state index contributed by atoms with van der Waals surface area (Å²) in [4.78, 5) is 2.56. The number of piperidine rings is 1. The van der Waals surface area contributed by atoms with E-state index >= 15 is 0 Å². The first-order chi connectivity index (χ1) is 9.19. The molecule has 1 heterocycles. The van der Waals surface area contributed by atoms with Gasteiger partial charge in [0.2, 0.25) is 0 Å². The summed E-state index contributed by atoms with van der Waals surface area (Å²) in [6.45, 7) is 11.3. The first-order valence-electron chi connectivity index (χ1n) is 7.71. The van der Waals surface area contributed by atoms with E-state index in [0.29, 0.717) is 6.04 Å². The van der Waals surface area contributed by atoms with Crippen LogP contribution < -0.4 is 5.32 Å². The molecular weight excluding hydrogens is 232 g/mol. The van der Waals surface area contributed by atoms with Gasteiger partial charge in [-0.2, -0.15) is 0 Å². The van der Waals surface area contributed by atoms with Crippen molar-refractivity contribution in [2.45, 2.75) is 52.6 Å². The lowest BCUT2D eigenvalue weighted by molar-refractivity contribution is 0.226. The van der Waals surface area contributed by atoms with Crippen LogP contribution in [-0.2, 0) is 6.54 Å². The van der Waals surface area contributed by atoms with E-state index in [0.717, 1.165) is 13.1 Å². The lowest BCUT2D eigenvalue weighted by Crippen LogP contribution is -2.43. The third-order valence-corrected chi connectivity index (χ3v) is 4.32. The van der Waals surface area contributed by atoms with Gasteiger partial charge in [0.05, 0.1) is 0 Å². The van der Waals surface area contributed by atoms with Gasteiger partial charge in [0, 0.05) is 19.1 Å². The van der Waals surface area contributed by atoms with Gasteiger partial charge in [-0.25, -0.2) is 0 Å². The van der Waals surface area contributed by atoms with E-state index in [4.69, 9.17) is 0 Å². The summed E-state index contributed by atoms with van der Waals surface area (Å²) >= 11 is 0. The summed E-state index contributed by atoms with van der Waals surface area (Å²) < 4.78 is 0. The molecule has 1 N–H and O–H groups in total. The molecule has 0 aromatic heterocycles. The first-order valence-corrected chi connectivity index (χ1v) is 7.71. The van der Waals surface area contributed by atoms with Crippen molar-refractivity contribution in [2.75, 3.05) is 19.6 Å². The molecule has 1 atom stereocenters. The zero-order chi connectivity index (χ0) is 13.7. The molecule has 0 aliphatic carbocycles. The molecule has 0 radical (unpaired) electrons. The summed E-state index contributed by atoms with van der Waals surface area (Å²) in [7, 11) is 0. The molecule has 19 heavy (non-hydrogen) atoms. The van der Waals surface area contributed by atoms with Crippen molar-refractivity contribution >= 4 is 0 Å². The van der Waals surface area contributed by atoms with Crippen molar-refractivity contribution < 1.29 is 0 Å². The van der Waals surface area contributed by atoms with Crippen LogP contribution in [0.1, 0.15) is 42.9 Å². The van der Waals surface area contributed by atoms with Crippen molar-refractivity contribution in [3.63, 3.8) is 0 Å². The first kappa shape index (κ1) is 14.5. The number of hydrogen-bond donors (Lipinski definition) is 1. The molecular formula is C17H28N2. The Bertz CT molecular complexity index is 394. The highest BCUT2D eigenvalue weighted by Crippen LogP contribution is 2.14. The van der Waals surface area contributed by atoms with Crippen LogP contribution in [0.5, 0.6) is 0 Å². The van der Waals surface area contributed by atoms with Gasteiger partial charge in [0.25, 0.3) is 0 Å². The fraction of sp³-hybridized carbons (Fsp3) is 0.647. The molecule has 1 unspecified atom stereocenters. The highest BCUT2D eigenvalue weighted by Gasteiger charge is 2.15. The van der Waals surface area contributed by atoms with E-state index in [9.17, 15) is 0 Å². The number of hydrogen-bond acceptors (Lipinski definition) is 2. The van der Waals surface area contributed by atoms with Gasteiger partial charge in [-0.3, -0.25) is 4.90 Å². The van der Waals surface area contributed by atoms with E-state index in [1.54, 1.807) is 0 Å². The predicted octanol–water partition coefficient (Wildman–Crippen LogP) is 3.27. The maximum absolute atomic E-state index is 3.65. The molecule has 2 heteroatoms. The summed E-state index contributed by atoms with van der Waals surface area (Å²) in [5.74, 6) is 0. The lowest BCUT2D eigenvalue weighted by Gasteiger charge is -2.30. The Balaban J connectivity index is 1.92. The number of likely N-dealkylation sites (N-methyl/N-ethyl adjacent to an activating group) is 1. The SMILES string of the molecule is CCN(Cc1ccc(C)c(C)c1)CC1CCCCN1. The van der Waals surface area contributed by atoms with Crippen molar-refractivity contribution in [1.82, 2.24) is 10.2 Å². The average Bonchev–Trinajstić information content (AvgIpc) is 2.43. The topological polar surface area (TPSA) is 15.3 Å². The van der Waals surface area contributed by atoms with Crippen LogP contribution >= 0.6 is 0 Å². The molecule has 1 aliphatic heterocycles. The molecule has 0 bridgehead atoms. The van der Waals surface area contributed by atoms with Crippen LogP contribution in [0.2, 0.25) is 0 Å². The minimum absolute atomic E-state index is 0.695. The third kappa shape index (κ3) is 4.32. The Morgan fingerprint density at radius 2 is 2.05 bits per heavy atom. The fourth-order valence-corrected chi connectivity index (χ4v) is 2.86. The summed E-state index contributed by atoms with van der Waals surface area (Å²) in [6.07, 6.45) is 4.07. The normalized spacial score (nSPS) is 19.9. The van der Waals surface area contributed by atoms with Crippen LogP contribution in [0.25, 0.3) is 0 Å². The molecule has 1 aromatic rings. The van der Waals surface area contributed by atoms with Gasteiger partial charge < -0.3 is 5.32 Å². The lowest BCUT2D eigenvalue weighted by atomic mass is 10.0. The Kier molecular flexibility index (Phi) is 5.41.